The van der Waals surface area contributed by atoms with Gasteiger partial charge < -0.3 is 33.5 Å². The minimum Gasteiger partial charge on any atom is -0.478 e. The lowest BCUT2D eigenvalue weighted by atomic mass is 10.0. The Hall–Kier alpha value is -3.22. The molecular formula is C21H32O13. The summed E-state index contributed by atoms with van der Waals surface area (Å²) < 4.78 is 30.1. The fraction of sp³-hybridized carbons (Fsp3) is 0.714. The summed E-state index contributed by atoms with van der Waals surface area (Å²) in [5.41, 5.74) is 0. The molecule has 0 amide bonds. The Morgan fingerprint density at radius 1 is 0.618 bits per heavy atom. The van der Waals surface area contributed by atoms with Crippen molar-refractivity contribution in [1.29, 1.82) is 0 Å². The first-order valence-electron chi connectivity index (χ1n) is 10.7. The van der Waals surface area contributed by atoms with Crippen molar-refractivity contribution >= 4 is 35.8 Å². The van der Waals surface area contributed by atoms with Crippen molar-refractivity contribution in [2.45, 2.75) is 77.8 Å². The topological polar surface area (TPSA) is 178 Å². The van der Waals surface area contributed by atoms with E-state index in [2.05, 4.69) is 0 Å². The second-order valence-electron chi connectivity index (χ2n) is 6.64. The van der Waals surface area contributed by atoms with Gasteiger partial charge in [-0.25, -0.2) is 9.59 Å². The molecular weight excluding hydrogens is 460 g/mol. The van der Waals surface area contributed by atoms with Crippen LogP contribution < -0.4 is 0 Å². The molecule has 0 saturated heterocycles. The zero-order valence-electron chi connectivity index (χ0n) is 19.9. The van der Waals surface area contributed by atoms with E-state index in [0.717, 1.165) is 0 Å². The van der Waals surface area contributed by atoms with E-state index < -0.39 is 60.2 Å². The molecule has 0 bridgehead atoms. The number of hydrogen-bond donors (Lipinski definition) is 1. The highest BCUT2D eigenvalue weighted by molar-refractivity contribution is 5.83. The summed E-state index contributed by atoms with van der Waals surface area (Å²) >= 11 is 0. The van der Waals surface area contributed by atoms with Gasteiger partial charge in [0, 0.05) is 32.8 Å². The van der Waals surface area contributed by atoms with Gasteiger partial charge >= 0.3 is 35.8 Å². The minimum absolute atomic E-state index is 0.0281. The Kier molecular flexibility index (Phi) is 14.8. The zero-order valence-corrected chi connectivity index (χ0v) is 19.9. The third kappa shape index (κ3) is 10.6. The first-order chi connectivity index (χ1) is 16.1. The monoisotopic (exact) mass is 492 g/mol. The molecule has 0 aromatic carbocycles. The summed E-state index contributed by atoms with van der Waals surface area (Å²) in [6.45, 7) is 5.30. The molecule has 0 aromatic rings. The number of carboxylic acid groups (broad SMARTS) is 1. The van der Waals surface area contributed by atoms with Crippen molar-refractivity contribution in [3.05, 3.63) is 0 Å². The van der Waals surface area contributed by atoms with E-state index in [9.17, 15) is 33.9 Å². The number of carbonyl (C=O) groups excluding carboxylic acids is 5. The minimum atomic E-state index is -2.20. The van der Waals surface area contributed by atoms with Gasteiger partial charge in [0.2, 0.25) is 12.2 Å². The molecule has 0 aliphatic rings. The quantitative estimate of drug-likeness (QED) is 0.179. The number of carboxylic acids is 1. The molecule has 13 nitrogen and oxygen atoms in total. The van der Waals surface area contributed by atoms with Crippen LogP contribution in [0.1, 0.15) is 53.4 Å². The molecule has 13 heteroatoms. The summed E-state index contributed by atoms with van der Waals surface area (Å²) in [5, 5.41) is 9.69. The predicted octanol–water partition coefficient (Wildman–Crippen LogP) is 0.548. The summed E-state index contributed by atoms with van der Waals surface area (Å²) in [5.74, 6) is -6.80. The lowest BCUT2D eigenvalue weighted by Crippen LogP contribution is -2.56. The molecule has 0 spiro atoms. The number of esters is 5. The Morgan fingerprint density at radius 3 is 1.38 bits per heavy atom. The second-order valence-corrected chi connectivity index (χ2v) is 6.64. The van der Waals surface area contributed by atoms with E-state index in [1.54, 1.807) is 0 Å². The van der Waals surface area contributed by atoms with Gasteiger partial charge in [0.25, 0.3) is 0 Å². The van der Waals surface area contributed by atoms with Crippen molar-refractivity contribution in [3.8, 4) is 0 Å². The summed E-state index contributed by atoms with van der Waals surface area (Å²) in [7, 11) is 1.34. The first kappa shape index (κ1) is 30.8. The smallest absolute Gasteiger partial charge is 0.351 e. The molecule has 4 unspecified atom stereocenters. The number of aliphatic carboxylic acids is 1. The van der Waals surface area contributed by atoms with E-state index >= 15 is 0 Å². The number of ether oxygens (including phenoxy) is 6. The van der Waals surface area contributed by atoms with E-state index in [1.165, 1.54) is 34.8 Å². The maximum atomic E-state index is 12.8. The van der Waals surface area contributed by atoms with E-state index in [0.29, 0.717) is 0 Å². The van der Waals surface area contributed by atoms with Crippen LogP contribution in [-0.2, 0) is 57.2 Å². The Morgan fingerprint density at radius 2 is 1.00 bits per heavy atom. The van der Waals surface area contributed by atoms with Crippen LogP contribution in [0.15, 0.2) is 0 Å². The third-order valence-electron chi connectivity index (χ3n) is 4.13. The SMILES string of the molecule is CCC(=O)OC(C(=O)O)C(OC(=O)CC)C(OC(=O)CC)C(OC(=O)CC)C(=O)OCCOC. The number of rotatable bonds is 16. The highest BCUT2D eigenvalue weighted by Crippen LogP contribution is 2.22. The van der Waals surface area contributed by atoms with Crippen LogP contribution in [0.25, 0.3) is 0 Å². The van der Waals surface area contributed by atoms with Crippen molar-refractivity contribution in [3.63, 3.8) is 0 Å². The molecule has 0 aliphatic heterocycles. The van der Waals surface area contributed by atoms with Gasteiger partial charge in [-0.05, 0) is 0 Å². The number of hydrogen-bond acceptors (Lipinski definition) is 12. The van der Waals surface area contributed by atoms with Gasteiger partial charge in [0.05, 0.1) is 6.61 Å². The van der Waals surface area contributed by atoms with E-state index in [4.69, 9.17) is 28.4 Å². The Labute approximate surface area is 196 Å². The Bertz CT molecular complexity index is 717. The van der Waals surface area contributed by atoms with Crippen molar-refractivity contribution in [2.75, 3.05) is 20.3 Å². The molecule has 0 radical (unpaired) electrons. The van der Waals surface area contributed by atoms with Gasteiger partial charge in [-0.1, -0.05) is 27.7 Å². The highest BCUT2D eigenvalue weighted by atomic mass is 16.6. The zero-order chi connectivity index (χ0) is 26.3. The maximum absolute atomic E-state index is 12.8. The van der Waals surface area contributed by atoms with Gasteiger partial charge in [0.1, 0.15) is 6.61 Å². The molecule has 0 heterocycles. The van der Waals surface area contributed by atoms with E-state index in [1.807, 2.05) is 0 Å². The standard InChI is InChI=1S/C21H32O13/c1-6-12(22)31-16(18(20(26)27)33-14(24)8-3)17(32-13(23)7-2)19(34-15(25)9-4)21(28)30-11-10-29-5/h16-19H,6-11H2,1-5H3,(H,26,27). The fourth-order valence-electron chi connectivity index (χ4n) is 2.34. The average molecular weight is 492 g/mol. The van der Waals surface area contributed by atoms with Crippen molar-refractivity contribution in [2.24, 2.45) is 0 Å². The average Bonchev–Trinajstić information content (AvgIpc) is 2.82. The largest absolute Gasteiger partial charge is 0.478 e. The van der Waals surface area contributed by atoms with Crippen LogP contribution in [-0.4, -0.2) is 85.7 Å². The van der Waals surface area contributed by atoms with Gasteiger partial charge in [-0.3, -0.25) is 19.2 Å². The van der Waals surface area contributed by atoms with Gasteiger partial charge in [-0.2, -0.15) is 0 Å². The molecule has 194 valence electrons. The van der Waals surface area contributed by atoms with Crippen LogP contribution in [0.5, 0.6) is 0 Å². The van der Waals surface area contributed by atoms with Crippen LogP contribution in [0.3, 0.4) is 0 Å². The van der Waals surface area contributed by atoms with Gasteiger partial charge in [0.15, 0.2) is 12.2 Å². The highest BCUT2D eigenvalue weighted by Gasteiger charge is 2.50. The lowest BCUT2D eigenvalue weighted by Gasteiger charge is -2.33. The first-order valence-corrected chi connectivity index (χ1v) is 10.7. The summed E-state index contributed by atoms with van der Waals surface area (Å²) in [4.78, 5) is 72.9. The second kappa shape index (κ2) is 16.4. The molecule has 0 fully saturated rings. The van der Waals surface area contributed by atoms with Crippen LogP contribution in [0.2, 0.25) is 0 Å². The molecule has 0 saturated carbocycles. The van der Waals surface area contributed by atoms with Crippen LogP contribution >= 0.6 is 0 Å². The molecule has 0 aliphatic carbocycles. The van der Waals surface area contributed by atoms with Gasteiger partial charge in [-0.15, -0.1) is 0 Å². The molecule has 4 atom stereocenters. The maximum Gasteiger partial charge on any atom is 0.351 e. The molecule has 0 rings (SSSR count). The van der Waals surface area contributed by atoms with E-state index in [-0.39, 0.29) is 38.9 Å². The normalized spacial score (nSPS) is 14.0. The summed E-state index contributed by atoms with van der Waals surface area (Å²) in [6, 6.07) is 0. The van der Waals surface area contributed by atoms with Crippen molar-refractivity contribution < 1.29 is 62.3 Å². The number of carbonyl (C=O) groups is 6. The fourth-order valence-corrected chi connectivity index (χ4v) is 2.34. The lowest BCUT2D eigenvalue weighted by molar-refractivity contribution is -0.210. The third-order valence-corrected chi connectivity index (χ3v) is 4.13. The molecule has 34 heavy (non-hydrogen) atoms. The summed E-state index contributed by atoms with van der Waals surface area (Å²) in [6.07, 6.45) is -9.22. The molecule has 1 N–H and O–H groups in total. The number of methoxy groups -OCH3 is 1. The van der Waals surface area contributed by atoms with Crippen LogP contribution in [0.4, 0.5) is 0 Å². The molecule has 0 aromatic heterocycles. The van der Waals surface area contributed by atoms with Crippen molar-refractivity contribution in [1.82, 2.24) is 0 Å². The predicted molar refractivity (Wildman–Crippen MR) is 111 cm³/mol. The van der Waals surface area contributed by atoms with Crippen LogP contribution in [0, 0.1) is 0 Å². The Balaban J connectivity index is 6.61.